The summed E-state index contributed by atoms with van der Waals surface area (Å²) >= 11 is 0. The molecule has 6 heteroatoms. The molecule has 1 aliphatic rings. The molecule has 1 aliphatic heterocycles. The number of rotatable bonds is 5. The first kappa shape index (κ1) is 12.8. The Morgan fingerprint density at radius 3 is 3.17 bits per heavy atom. The van der Waals surface area contributed by atoms with E-state index in [1.54, 1.807) is 11.0 Å². The summed E-state index contributed by atoms with van der Waals surface area (Å²) < 4.78 is 5.15. The van der Waals surface area contributed by atoms with Crippen LogP contribution in [0.1, 0.15) is 42.3 Å². The molecule has 0 aromatic carbocycles. The van der Waals surface area contributed by atoms with E-state index in [-0.39, 0.29) is 17.8 Å². The molecular weight excluding hydrogens is 232 g/mol. The van der Waals surface area contributed by atoms with E-state index in [1.165, 1.54) is 0 Å². The Kier molecular flexibility index (Phi) is 4.09. The molecule has 0 spiro atoms. The number of likely N-dealkylation sites (N-methyl/N-ethyl adjacent to an activating group) is 1. The van der Waals surface area contributed by atoms with Crippen LogP contribution >= 0.6 is 0 Å². The van der Waals surface area contributed by atoms with Gasteiger partial charge in [-0.3, -0.25) is 4.79 Å². The number of amides is 1. The second-order valence-corrected chi connectivity index (χ2v) is 4.24. The molecule has 2 heterocycles. The normalized spacial score (nSPS) is 18.8. The predicted molar refractivity (Wildman–Crippen MR) is 66.1 cm³/mol. The maximum Gasteiger partial charge on any atom is 0.295 e. The first-order valence-corrected chi connectivity index (χ1v) is 6.23. The number of hydrogen-bond acceptors (Lipinski definition) is 5. The summed E-state index contributed by atoms with van der Waals surface area (Å²) in [7, 11) is 0. The van der Waals surface area contributed by atoms with Gasteiger partial charge in [0.15, 0.2) is 0 Å². The Labute approximate surface area is 106 Å². The zero-order valence-corrected chi connectivity index (χ0v) is 10.6. The molecule has 98 valence electrons. The number of carbonyl (C=O) groups excluding carboxylic acids is 1. The van der Waals surface area contributed by atoms with Gasteiger partial charge in [0.05, 0.1) is 6.04 Å². The van der Waals surface area contributed by atoms with Gasteiger partial charge in [-0.25, -0.2) is 0 Å². The fourth-order valence-corrected chi connectivity index (χ4v) is 2.01. The Morgan fingerprint density at radius 2 is 2.56 bits per heavy atom. The highest BCUT2D eigenvalue weighted by Crippen LogP contribution is 2.21. The van der Waals surface area contributed by atoms with Crippen molar-refractivity contribution in [1.82, 2.24) is 20.4 Å². The zero-order valence-electron chi connectivity index (χ0n) is 10.6. The Bertz CT molecular complexity index is 423. The molecule has 1 saturated heterocycles. The summed E-state index contributed by atoms with van der Waals surface area (Å²) in [5.74, 6) is 0.415. The average molecular weight is 250 g/mol. The van der Waals surface area contributed by atoms with Crippen LogP contribution in [0.15, 0.2) is 17.2 Å². The van der Waals surface area contributed by atoms with E-state index >= 15 is 0 Å². The lowest BCUT2D eigenvalue weighted by Crippen LogP contribution is -2.31. The lowest BCUT2D eigenvalue weighted by Gasteiger charge is -2.16. The molecule has 1 aromatic heterocycles. The molecule has 0 saturated carbocycles. The lowest BCUT2D eigenvalue weighted by atomic mass is 10.2. The molecule has 0 aliphatic carbocycles. The van der Waals surface area contributed by atoms with E-state index in [0.717, 1.165) is 19.4 Å². The van der Waals surface area contributed by atoms with E-state index in [4.69, 9.17) is 4.52 Å². The summed E-state index contributed by atoms with van der Waals surface area (Å²) in [5.41, 5.74) is 0. The number of aromatic nitrogens is 2. The van der Waals surface area contributed by atoms with Crippen LogP contribution in [0.5, 0.6) is 0 Å². The summed E-state index contributed by atoms with van der Waals surface area (Å²) in [6, 6.07) is 0.0912. The number of carbonyl (C=O) groups is 1. The largest absolute Gasteiger partial charge is 0.337 e. The van der Waals surface area contributed by atoms with Gasteiger partial charge in [-0.15, -0.1) is 6.58 Å². The van der Waals surface area contributed by atoms with Gasteiger partial charge in [0.1, 0.15) is 0 Å². The minimum Gasteiger partial charge on any atom is -0.337 e. The number of hydrogen-bond donors (Lipinski definition) is 1. The highest BCUT2D eigenvalue weighted by molar-refractivity contribution is 5.90. The number of nitrogens with zero attached hydrogens (tertiary/aromatic N) is 3. The van der Waals surface area contributed by atoms with Gasteiger partial charge in [-0.2, -0.15) is 4.98 Å². The zero-order chi connectivity index (χ0) is 13.0. The van der Waals surface area contributed by atoms with Gasteiger partial charge in [-0.1, -0.05) is 11.2 Å². The van der Waals surface area contributed by atoms with Crippen molar-refractivity contribution >= 4 is 5.91 Å². The molecular formula is C12H18N4O2. The van der Waals surface area contributed by atoms with Crippen LogP contribution in [0.25, 0.3) is 0 Å². The van der Waals surface area contributed by atoms with Crippen LogP contribution < -0.4 is 5.32 Å². The molecule has 18 heavy (non-hydrogen) atoms. The molecule has 1 fully saturated rings. The first-order valence-electron chi connectivity index (χ1n) is 6.23. The van der Waals surface area contributed by atoms with E-state index in [9.17, 15) is 4.79 Å². The Hall–Kier alpha value is -1.69. The molecule has 1 aromatic rings. The minimum absolute atomic E-state index is 0.0912. The monoisotopic (exact) mass is 250 g/mol. The van der Waals surface area contributed by atoms with E-state index in [1.807, 2.05) is 6.92 Å². The van der Waals surface area contributed by atoms with Crippen molar-refractivity contribution in [1.29, 1.82) is 0 Å². The standard InChI is InChI=1S/C12H18N4O2/c1-3-8-16(4-2)12(17)10-14-11(18-15-10)9-6-5-7-13-9/h3,9,13H,1,4-8H2,2H3. The fraction of sp³-hybridized carbons (Fsp3) is 0.583. The lowest BCUT2D eigenvalue weighted by molar-refractivity contribution is 0.0766. The molecule has 0 radical (unpaired) electrons. The third kappa shape index (κ3) is 2.59. The molecule has 2 rings (SSSR count). The van der Waals surface area contributed by atoms with Crippen LogP contribution in [0.3, 0.4) is 0 Å². The second-order valence-electron chi connectivity index (χ2n) is 4.24. The van der Waals surface area contributed by atoms with Gasteiger partial charge in [0, 0.05) is 13.1 Å². The van der Waals surface area contributed by atoms with Crippen LogP contribution in [0.2, 0.25) is 0 Å². The van der Waals surface area contributed by atoms with Crippen molar-refractivity contribution in [3.05, 3.63) is 24.4 Å². The molecule has 6 nitrogen and oxygen atoms in total. The van der Waals surface area contributed by atoms with Crippen molar-refractivity contribution in [3.63, 3.8) is 0 Å². The van der Waals surface area contributed by atoms with E-state index in [0.29, 0.717) is 19.0 Å². The van der Waals surface area contributed by atoms with Crippen LogP contribution in [-0.4, -0.2) is 40.6 Å². The quantitative estimate of drug-likeness (QED) is 0.793. The summed E-state index contributed by atoms with van der Waals surface area (Å²) in [6.45, 7) is 7.56. The summed E-state index contributed by atoms with van der Waals surface area (Å²) in [5, 5.41) is 7.02. The molecule has 1 atom stereocenters. The van der Waals surface area contributed by atoms with Gasteiger partial charge in [0.2, 0.25) is 5.89 Å². The topological polar surface area (TPSA) is 71.3 Å². The summed E-state index contributed by atoms with van der Waals surface area (Å²) in [4.78, 5) is 17.9. The van der Waals surface area contributed by atoms with Crippen LogP contribution in [0, 0.1) is 0 Å². The smallest absolute Gasteiger partial charge is 0.295 e. The van der Waals surface area contributed by atoms with E-state index < -0.39 is 0 Å². The van der Waals surface area contributed by atoms with Crippen molar-refractivity contribution in [3.8, 4) is 0 Å². The molecule has 1 amide bonds. The summed E-state index contributed by atoms with van der Waals surface area (Å²) in [6.07, 6.45) is 3.74. The molecule has 1 unspecified atom stereocenters. The van der Waals surface area contributed by atoms with Crippen molar-refractivity contribution in [2.24, 2.45) is 0 Å². The SMILES string of the molecule is C=CCN(CC)C(=O)c1noc(C2CCCN2)n1. The average Bonchev–Trinajstić information content (AvgIpc) is 3.04. The van der Waals surface area contributed by atoms with Gasteiger partial charge < -0.3 is 14.7 Å². The first-order chi connectivity index (χ1) is 8.76. The van der Waals surface area contributed by atoms with Crippen LogP contribution in [-0.2, 0) is 0 Å². The van der Waals surface area contributed by atoms with Crippen molar-refractivity contribution in [2.45, 2.75) is 25.8 Å². The number of nitrogens with one attached hydrogen (secondary N) is 1. The van der Waals surface area contributed by atoms with E-state index in [2.05, 4.69) is 22.0 Å². The van der Waals surface area contributed by atoms with Gasteiger partial charge >= 0.3 is 0 Å². The maximum atomic E-state index is 12.1. The highest BCUT2D eigenvalue weighted by atomic mass is 16.5. The third-order valence-electron chi connectivity index (χ3n) is 3.01. The molecule has 0 bridgehead atoms. The maximum absolute atomic E-state index is 12.1. The Morgan fingerprint density at radius 1 is 1.72 bits per heavy atom. The third-order valence-corrected chi connectivity index (χ3v) is 3.01. The predicted octanol–water partition coefficient (Wildman–Crippen LogP) is 1.14. The van der Waals surface area contributed by atoms with Gasteiger partial charge in [0.25, 0.3) is 11.7 Å². The van der Waals surface area contributed by atoms with Gasteiger partial charge in [-0.05, 0) is 26.3 Å². The highest BCUT2D eigenvalue weighted by Gasteiger charge is 2.25. The second kappa shape index (κ2) is 5.77. The van der Waals surface area contributed by atoms with Crippen molar-refractivity contribution < 1.29 is 9.32 Å². The Balaban J connectivity index is 2.08. The van der Waals surface area contributed by atoms with Crippen LogP contribution in [0.4, 0.5) is 0 Å². The van der Waals surface area contributed by atoms with Crippen molar-refractivity contribution in [2.75, 3.05) is 19.6 Å². The molecule has 1 N–H and O–H groups in total. The fourth-order valence-electron chi connectivity index (χ4n) is 2.01. The minimum atomic E-state index is -0.217.